The van der Waals surface area contributed by atoms with E-state index in [9.17, 15) is 14.4 Å². The molecule has 3 aromatic carbocycles. The van der Waals surface area contributed by atoms with Crippen LogP contribution < -0.4 is 0 Å². The van der Waals surface area contributed by atoms with Crippen LogP contribution in [0, 0.1) is 5.41 Å². The van der Waals surface area contributed by atoms with Gasteiger partial charge in [-0.1, -0.05) is 89.4 Å². The van der Waals surface area contributed by atoms with Gasteiger partial charge in [0, 0.05) is 0 Å². The third-order valence-corrected chi connectivity index (χ3v) is 5.89. The van der Waals surface area contributed by atoms with Crippen molar-refractivity contribution >= 4 is 58.6 Å². The van der Waals surface area contributed by atoms with Gasteiger partial charge in [-0.25, -0.2) is 14.4 Å². The van der Waals surface area contributed by atoms with Crippen LogP contribution in [0.25, 0.3) is 0 Å². The molecule has 3 rings (SSSR count). The molecular weight excluding hydrogens is 597 g/mol. The minimum absolute atomic E-state index is 0.216. The summed E-state index contributed by atoms with van der Waals surface area (Å²) in [5.41, 5.74) is 0.699. The van der Waals surface area contributed by atoms with Gasteiger partial charge in [-0.05, 0) is 43.3 Å². The first-order valence-corrected chi connectivity index (χ1v) is 13.4. The van der Waals surface area contributed by atoms with Crippen molar-refractivity contribution in [3.8, 4) is 0 Å². The van der Waals surface area contributed by atoms with Crippen LogP contribution in [0.5, 0.6) is 0 Å². The van der Waals surface area contributed by atoms with E-state index >= 15 is 0 Å². The van der Waals surface area contributed by atoms with E-state index in [2.05, 4.69) is 0 Å². The van der Waals surface area contributed by atoms with Gasteiger partial charge >= 0.3 is 17.9 Å². The van der Waals surface area contributed by atoms with Crippen LogP contribution in [-0.4, -0.2) is 59.3 Å². The maximum absolute atomic E-state index is 13.0. The lowest BCUT2D eigenvalue weighted by Gasteiger charge is -2.28. The van der Waals surface area contributed by atoms with Crippen LogP contribution in [0.15, 0.2) is 91.0 Å². The highest BCUT2D eigenvalue weighted by Gasteiger charge is 2.34. The molecule has 0 aliphatic heterocycles. The number of nitrogens with one attached hydrogen (secondary N) is 1. The minimum Gasteiger partial charge on any atom is -0.458 e. The van der Waals surface area contributed by atoms with Gasteiger partial charge in [0.2, 0.25) is 5.90 Å². The summed E-state index contributed by atoms with van der Waals surface area (Å²) in [5, 5.41) is 7.74. The molecule has 1 unspecified atom stereocenters. The molecule has 0 aliphatic rings. The van der Waals surface area contributed by atoms with Gasteiger partial charge in [0.15, 0.2) is 18.5 Å². The van der Waals surface area contributed by atoms with Crippen molar-refractivity contribution < 1.29 is 38.1 Å². The number of carbonyl (C=O) groups is 3. The van der Waals surface area contributed by atoms with Crippen molar-refractivity contribution in [1.29, 1.82) is 5.41 Å². The van der Waals surface area contributed by atoms with E-state index in [1.54, 1.807) is 66.7 Å². The van der Waals surface area contributed by atoms with Crippen LogP contribution in [0.3, 0.4) is 0 Å². The number of halogens is 3. The molecule has 0 amide bonds. The van der Waals surface area contributed by atoms with E-state index in [0.29, 0.717) is 0 Å². The van der Waals surface area contributed by atoms with E-state index in [-0.39, 0.29) is 16.7 Å². The Morgan fingerprint density at radius 2 is 1.05 bits per heavy atom. The Labute approximate surface area is 251 Å². The van der Waals surface area contributed by atoms with E-state index in [1.807, 2.05) is 0 Å². The number of benzene rings is 3. The zero-order valence-corrected chi connectivity index (χ0v) is 24.0. The predicted octanol–water partition coefficient (Wildman–Crippen LogP) is 6.02. The second-order valence-corrected chi connectivity index (χ2v) is 10.7. The minimum atomic E-state index is -2.13. The Hall–Kier alpha value is -3.63. The molecule has 1 N–H and O–H groups in total. The van der Waals surface area contributed by atoms with Crippen molar-refractivity contribution in [3.05, 3.63) is 108 Å². The third-order valence-electron chi connectivity index (χ3n) is 5.38. The second-order valence-electron chi connectivity index (χ2n) is 8.43. The zero-order chi connectivity index (χ0) is 29.8. The summed E-state index contributed by atoms with van der Waals surface area (Å²) in [7, 11) is 0. The molecule has 0 spiro atoms. The fourth-order valence-electron chi connectivity index (χ4n) is 3.31. The number of carbonyl (C=O) groups excluding carboxylic acids is 3. The average molecular weight is 623 g/mol. The van der Waals surface area contributed by atoms with Crippen LogP contribution in [-0.2, 0) is 23.7 Å². The number of alkyl halides is 3. The van der Waals surface area contributed by atoms with Crippen LogP contribution in [0.2, 0.25) is 0 Å². The van der Waals surface area contributed by atoms with E-state index in [4.69, 9.17) is 63.9 Å². The molecule has 0 saturated carbocycles. The fraction of sp³-hybridized carbons (Fsp3) is 0.241. The quantitative estimate of drug-likeness (QED) is 0.0650. The Bertz CT molecular complexity index is 1300. The van der Waals surface area contributed by atoms with E-state index in [0.717, 1.165) is 0 Å². The SMILES string of the molecule is CC(OC[C@H](OC(=O)c1ccccc1)[C@@H](COC(=O)c1ccccc1)OC(=O)c1ccccc1)OC(=N)C(Cl)(Cl)Cl. The van der Waals surface area contributed by atoms with Gasteiger partial charge in [-0.3, -0.25) is 5.41 Å². The first-order chi connectivity index (χ1) is 19.5. The second kappa shape index (κ2) is 15.4. The Morgan fingerprint density at radius 1 is 0.659 bits per heavy atom. The summed E-state index contributed by atoms with van der Waals surface area (Å²) in [5.74, 6) is -2.89. The molecule has 3 atom stereocenters. The topological polar surface area (TPSA) is 121 Å². The molecule has 0 bridgehead atoms. The van der Waals surface area contributed by atoms with Gasteiger partial charge in [0.05, 0.1) is 23.3 Å². The van der Waals surface area contributed by atoms with Crippen LogP contribution >= 0.6 is 34.8 Å². The Balaban J connectivity index is 1.84. The number of ether oxygens (including phenoxy) is 5. The number of hydrogen-bond donors (Lipinski definition) is 1. The molecule has 0 aliphatic carbocycles. The summed E-state index contributed by atoms with van der Waals surface area (Å²) in [6.45, 7) is 0.519. The van der Waals surface area contributed by atoms with Crippen molar-refractivity contribution in [2.24, 2.45) is 0 Å². The van der Waals surface area contributed by atoms with E-state index in [1.165, 1.54) is 31.2 Å². The lowest BCUT2D eigenvalue weighted by Crippen LogP contribution is -2.43. The summed E-state index contributed by atoms with van der Waals surface area (Å²) < 4.78 is 25.4. The number of esters is 3. The average Bonchev–Trinajstić information content (AvgIpc) is 2.97. The standard InChI is InChI=1S/C29H26Cl3NO8/c1-19(39-28(33)29(30,31)32)37-17-23(40-26(35)21-13-7-3-8-14-21)24(41-27(36)22-15-9-4-10-16-22)18-38-25(34)20-11-5-2-6-12-20/h2-16,19,23-24,33H,17-18H2,1H3/t19?,23-,24+/m0/s1. The molecule has 12 heteroatoms. The number of rotatable bonds is 12. The highest BCUT2D eigenvalue weighted by atomic mass is 35.6. The van der Waals surface area contributed by atoms with Gasteiger partial charge in [0.1, 0.15) is 6.61 Å². The maximum Gasteiger partial charge on any atom is 0.338 e. The highest BCUT2D eigenvalue weighted by molar-refractivity contribution is 6.76. The summed E-state index contributed by atoms with van der Waals surface area (Å²) in [6, 6.07) is 24.4. The van der Waals surface area contributed by atoms with Crippen LogP contribution in [0.4, 0.5) is 0 Å². The molecule has 0 fully saturated rings. The molecule has 9 nitrogen and oxygen atoms in total. The third kappa shape index (κ3) is 10.4. The van der Waals surface area contributed by atoms with Gasteiger partial charge in [0.25, 0.3) is 3.79 Å². The smallest absolute Gasteiger partial charge is 0.338 e. The van der Waals surface area contributed by atoms with Crippen LogP contribution in [0.1, 0.15) is 38.0 Å². The van der Waals surface area contributed by atoms with Crippen molar-refractivity contribution in [3.63, 3.8) is 0 Å². The van der Waals surface area contributed by atoms with Gasteiger partial charge in [-0.15, -0.1) is 0 Å². The molecule has 0 radical (unpaired) electrons. The normalized spacial score (nSPS) is 13.3. The molecule has 0 heterocycles. The highest BCUT2D eigenvalue weighted by Crippen LogP contribution is 2.28. The first-order valence-electron chi connectivity index (χ1n) is 12.2. The summed E-state index contributed by atoms with van der Waals surface area (Å²) in [4.78, 5) is 38.6. The summed E-state index contributed by atoms with van der Waals surface area (Å²) >= 11 is 17.0. The van der Waals surface area contributed by atoms with E-state index < -0.39 is 59.3 Å². The maximum atomic E-state index is 13.0. The molecule has 216 valence electrons. The van der Waals surface area contributed by atoms with Gasteiger partial charge < -0.3 is 23.7 Å². The molecular formula is C29H26Cl3NO8. The van der Waals surface area contributed by atoms with Crippen molar-refractivity contribution in [2.75, 3.05) is 13.2 Å². The number of hydrogen-bond acceptors (Lipinski definition) is 9. The molecule has 0 saturated heterocycles. The Kier molecular flexibility index (Phi) is 12.0. The predicted molar refractivity (Wildman–Crippen MR) is 153 cm³/mol. The Morgan fingerprint density at radius 3 is 1.46 bits per heavy atom. The molecule has 0 aromatic heterocycles. The lowest BCUT2D eigenvalue weighted by molar-refractivity contribution is -0.131. The van der Waals surface area contributed by atoms with Crippen molar-refractivity contribution in [2.45, 2.75) is 29.2 Å². The molecule has 3 aromatic rings. The van der Waals surface area contributed by atoms with Gasteiger partial charge in [-0.2, -0.15) is 0 Å². The zero-order valence-electron chi connectivity index (χ0n) is 21.7. The fourth-order valence-corrected chi connectivity index (χ4v) is 3.44. The lowest BCUT2D eigenvalue weighted by atomic mass is 10.2. The largest absolute Gasteiger partial charge is 0.458 e. The first kappa shape index (κ1) is 31.9. The monoisotopic (exact) mass is 621 g/mol. The molecule has 41 heavy (non-hydrogen) atoms. The summed E-state index contributed by atoms with van der Waals surface area (Å²) in [6.07, 6.45) is -3.76. The van der Waals surface area contributed by atoms with Crippen molar-refractivity contribution in [1.82, 2.24) is 0 Å².